The third kappa shape index (κ3) is 5.57. The summed E-state index contributed by atoms with van der Waals surface area (Å²) in [5.74, 6) is 0.339. The van der Waals surface area contributed by atoms with E-state index in [-0.39, 0.29) is 18.5 Å². The van der Waals surface area contributed by atoms with E-state index >= 15 is 0 Å². The van der Waals surface area contributed by atoms with Crippen molar-refractivity contribution in [1.82, 2.24) is 5.32 Å². The fourth-order valence-electron chi connectivity index (χ4n) is 1.86. The fraction of sp³-hybridized carbons (Fsp3) is 0.600. The van der Waals surface area contributed by atoms with Crippen molar-refractivity contribution in [3.05, 3.63) is 29.6 Å². The van der Waals surface area contributed by atoms with Crippen LogP contribution < -0.4 is 10.1 Å². The molecule has 1 rings (SSSR count). The zero-order valence-electron chi connectivity index (χ0n) is 11.8. The summed E-state index contributed by atoms with van der Waals surface area (Å²) < 4.78 is 19.3. The van der Waals surface area contributed by atoms with Crippen LogP contribution in [0, 0.1) is 5.82 Å². The van der Waals surface area contributed by atoms with E-state index in [1.807, 2.05) is 6.92 Å². The summed E-state index contributed by atoms with van der Waals surface area (Å²) >= 11 is 0. The van der Waals surface area contributed by atoms with E-state index in [1.54, 1.807) is 19.2 Å². The van der Waals surface area contributed by atoms with E-state index in [1.165, 1.54) is 6.07 Å². The molecule has 4 heteroatoms. The highest BCUT2D eigenvalue weighted by atomic mass is 19.1. The molecule has 0 aliphatic heterocycles. The molecule has 0 amide bonds. The van der Waals surface area contributed by atoms with E-state index in [0.717, 1.165) is 25.7 Å². The molecular formula is C15H24FNO2. The molecule has 0 saturated carbocycles. The van der Waals surface area contributed by atoms with Gasteiger partial charge in [-0.2, -0.15) is 0 Å². The monoisotopic (exact) mass is 269 g/mol. The lowest BCUT2D eigenvalue weighted by molar-refractivity contribution is 0.273. The van der Waals surface area contributed by atoms with Gasteiger partial charge in [-0.3, -0.25) is 0 Å². The predicted octanol–water partition coefficient (Wildman–Crippen LogP) is 3.04. The van der Waals surface area contributed by atoms with Gasteiger partial charge in [-0.25, -0.2) is 4.39 Å². The van der Waals surface area contributed by atoms with Gasteiger partial charge in [0.1, 0.15) is 11.6 Å². The molecule has 19 heavy (non-hydrogen) atoms. The van der Waals surface area contributed by atoms with Crippen molar-refractivity contribution in [3.63, 3.8) is 0 Å². The van der Waals surface area contributed by atoms with Gasteiger partial charge in [0.2, 0.25) is 0 Å². The Morgan fingerprint density at radius 1 is 1.26 bits per heavy atom. The quantitative estimate of drug-likeness (QED) is 0.677. The van der Waals surface area contributed by atoms with Crippen molar-refractivity contribution in [3.8, 4) is 5.75 Å². The number of hydrogen-bond acceptors (Lipinski definition) is 3. The highest BCUT2D eigenvalue weighted by Crippen LogP contribution is 2.21. The van der Waals surface area contributed by atoms with Gasteiger partial charge in [0.25, 0.3) is 0 Å². The second-order valence-corrected chi connectivity index (χ2v) is 4.68. The average Bonchev–Trinajstić information content (AvgIpc) is 2.42. The predicted molar refractivity (Wildman–Crippen MR) is 74.9 cm³/mol. The molecule has 1 aromatic rings. The number of halogens is 1. The number of rotatable bonds is 9. The Bertz CT molecular complexity index is 371. The molecule has 1 unspecified atom stereocenters. The molecule has 0 aromatic heterocycles. The Balaban J connectivity index is 2.37. The summed E-state index contributed by atoms with van der Waals surface area (Å²) in [6.45, 7) is 2.75. The molecule has 0 radical (unpaired) electrons. The number of nitrogens with one attached hydrogen (secondary N) is 1. The minimum Gasteiger partial charge on any atom is -0.493 e. The maximum Gasteiger partial charge on any atom is 0.131 e. The van der Waals surface area contributed by atoms with Gasteiger partial charge in [-0.1, -0.05) is 12.5 Å². The van der Waals surface area contributed by atoms with Crippen LogP contribution in [0.15, 0.2) is 18.2 Å². The molecule has 0 aliphatic rings. The third-order valence-electron chi connectivity index (χ3n) is 3.19. The number of aliphatic hydroxyl groups is 1. The number of ether oxygens (including phenoxy) is 1. The van der Waals surface area contributed by atoms with Gasteiger partial charge in [0.05, 0.1) is 6.61 Å². The Morgan fingerprint density at radius 3 is 2.63 bits per heavy atom. The van der Waals surface area contributed by atoms with Gasteiger partial charge in [0, 0.05) is 24.3 Å². The van der Waals surface area contributed by atoms with Crippen LogP contribution in [-0.2, 0) is 0 Å². The first-order valence-corrected chi connectivity index (χ1v) is 6.89. The molecule has 0 fully saturated rings. The van der Waals surface area contributed by atoms with Crippen LogP contribution in [0.4, 0.5) is 4.39 Å². The first kappa shape index (κ1) is 15.9. The highest BCUT2D eigenvalue weighted by molar-refractivity contribution is 5.30. The molecule has 0 saturated heterocycles. The number of benzene rings is 1. The molecule has 3 nitrogen and oxygen atoms in total. The minimum absolute atomic E-state index is 0.00692. The van der Waals surface area contributed by atoms with E-state index in [9.17, 15) is 4.39 Å². The second kappa shape index (κ2) is 8.88. The van der Waals surface area contributed by atoms with Gasteiger partial charge >= 0.3 is 0 Å². The lowest BCUT2D eigenvalue weighted by Crippen LogP contribution is -2.13. The first-order chi connectivity index (χ1) is 9.19. The van der Waals surface area contributed by atoms with Crippen LogP contribution in [0.3, 0.4) is 0 Å². The lowest BCUT2D eigenvalue weighted by Gasteiger charge is -2.13. The zero-order chi connectivity index (χ0) is 14.1. The van der Waals surface area contributed by atoms with Crippen molar-refractivity contribution in [2.75, 3.05) is 20.3 Å². The van der Waals surface area contributed by atoms with Gasteiger partial charge < -0.3 is 15.2 Å². The van der Waals surface area contributed by atoms with Crippen LogP contribution in [0.2, 0.25) is 0 Å². The van der Waals surface area contributed by atoms with Crippen LogP contribution >= 0.6 is 0 Å². The molecule has 0 bridgehead atoms. The maximum absolute atomic E-state index is 13.8. The Hall–Kier alpha value is -1.13. The zero-order valence-corrected chi connectivity index (χ0v) is 11.8. The number of aliphatic hydroxyl groups excluding tert-OH is 1. The van der Waals surface area contributed by atoms with Crippen LogP contribution in [0.1, 0.15) is 44.2 Å². The number of unbranched alkanes of at least 4 members (excludes halogenated alkanes) is 3. The SMILES string of the molecule is CNC(C)c1ccc(OCCCCCCO)cc1F. The van der Waals surface area contributed by atoms with Crippen molar-refractivity contribution in [1.29, 1.82) is 0 Å². The van der Waals surface area contributed by atoms with Gasteiger partial charge in [-0.05, 0) is 39.3 Å². The summed E-state index contributed by atoms with van der Waals surface area (Å²) in [7, 11) is 1.81. The molecule has 2 N–H and O–H groups in total. The molecule has 108 valence electrons. The van der Waals surface area contributed by atoms with Gasteiger partial charge in [-0.15, -0.1) is 0 Å². The van der Waals surface area contributed by atoms with Crippen LogP contribution in [-0.4, -0.2) is 25.4 Å². The average molecular weight is 269 g/mol. The number of hydrogen-bond donors (Lipinski definition) is 2. The van der Waals surface area contributed by atoms with Gasteiger partial charge in [0.15, 0.2) is 0 Å². The summed E-state index contributed by atoms with van der Waals surface area (Å²) in [6.07, 6.45) is 3.80. The Kier molecular flexibility index (Phi) is 7.45. The largest absolute Gasteiger partial charge is 0.493 e. The normalized spacial score (nSPS) is 12.4. The summed E-state index contributed by atoms with van der Waals surface area (Å²) in [5.41, 5.74) is 0.651. The molecule has 1 aromatic carbocycles. The molecule has 1 atom stereocenters. The summed E-state index contributed by atoms with van der Waals surface area (Å²) in [4.78, 5) is 0. The van der Waals surface area contributed by atoms with E-state index in [0.29, 0.717) is 17.9 Å². The Morgan fingerprint density at radius 2 is 2.00 bits per heavy atom. The molecular weight excluding hydrogens is 245 g/mol. The first-order valence-electron chi connectivity index (χ1n) is 6.89. The van der Waals surface area contributed by atoms with Crippen LogP contribution in [0.5, 0.6) is 5.75 Å². The fourth-order valence-corrected chi connectivity index (χ4v) is 1.86. The second-order valence-electron chi connectivity index (χ2n) is 4.68. The maximum atomic E-state index is 13.8. The van der Waals surface area contributed by atoms with Crippen molar-refractivity contribution in [2.45, 2.75) is 38.6 Å². The molecule has 0 heterocycles. The lowest BCUT2D eigenvalue weighted by atomic mass is 10.1. The highest BCUT2D eigenvalue weighted by Gasteiger charge is 2.09. The van der Waals surface area contributed by atoms with Crippen molar-refractivity contribution >= 4 is 0 Å². The smallest absolute Gasteiger partial charge is 0.131 e. The molecule has 0 spiro atoms. The van der Waals surface area contributed by atoms with Crippen molar-refractivity contribution < 1.29 is 14.2 Å². The molecule has 0 aliphatic carbocycles. The third-order valence-corrected chi connectivity index (χ3v) is 3.19. The van der Waals surface area contributed by atoms with E-state index in [4.69, 9.17) is 9.84 Å². The summed E-state index contributed by atoms with van der Waals surface area (Å²) in [5, 5.41) is 11.7. The van der Waals surface area contributed by atoms with E-state index < -0.39 is 0 Å². The standard InChI is InChI=1S/C15H24FNO2/c1-12(17-2)14-8-7-13(11-15(14)16)19-10-6-4-3-5-9-18/h7-8,11-12,17-18H,3-6,9-10H2,1-2H3. The Labute approximate surface area is 114 Å². The van der Waals surface area contributed by atoms with E-state index in [2.05, 4.69) is 5.32 Å². The van der Waals surface area contributed by atoms with Crippen LogP contribution in [0.25, 0.3) is 0 Å². The topological polar surface area (TPSA) is 41.5 Å². The van der Waals surface area contributed by atoms with Crippen molar-refractivity contribution in [2.24, 2.45) is 0 Å². The minimum atomic E-state index is -0.236. The summed E-state index contributed by atoms with van der Waals surface area (Å²) in [6, 6.07) is 5.00.